The highest BCUT2D eigenvalue weighted by atomic mass is 19.4. The van der Waals surface area contributed by atoms with E-state index in [1.807, 2.05) is 42.5 Å². The fourth-order valence-electron chi connectivity index (χ4n) is 3.00. The molecule has 2 aromatic carbocycles. The van der Waals surface area contributed by atoms with Crippen LogP contribution in [0.25, 0.3) is 11.4 Å². The zero-order valence-electron chi connectivity index (χ0n) is 22.1. The smallest absolute Gasteiger partial charge is 0.490 e. The minimum atomic E-state index is -5.08. The van der Waals surface area contributed by atoms with Crippen LogP contribution in [0, 0.1) is 0 Å². The van der Waals surface area contributed by atoms with Crippen LogP contribution in [-0.4, -0.2) is 69.6 Å². The van der Waals surface area contributed by atoms with Gasteiger partial charge in [0.2, 0.25) is 0 Å². The summed E-state index contributed by atoms with van der Waals surface area (Å²) in [6.07, 6.45) is -9.22. The molecule has 0 amide bonds. The van der Waals surface area contributed by atoms with Crippen molar-refractivity contribution in [3.63, 3.8) is 0 Å². The molecule has 42 heavy (non-hydrogen) atoms. The summed E-state index contributed by atoms with van der Waals surface area (Å²) in [4.78, 5) is 39.0. The maximum atomic E-state index is 11.8. The van der Waals surface area contributed by atoms with Crippen molar-refractivity contribution >= 4 is 11.9 Å². The van der Waals surface area contributed by atoms with Crippen LogP contribution in [0.1, 0.15) is 17.7 Å². The quantitative estimate of drug-likeness (QED) is 0.208. The van der Waals surface area contributed by atoms with Gasteiger partial charge in [-0.1, -0.05) is 36.4 Å². The Kier molecular flexibility index (Phi) is 14.2. The fourth-order valence-corrected chi connectivity index (χ4v) is 3.00. The van der Waals surface area contributed by atoms with Gasteiger partial charge >= 0.3 is 24.3 Å². The minimum absolute atomic E-state index is 0.189. The fraction of sp³-hybridized carbons (Fsp3) is 0.308. The molecule has 0 spiro atoms. The summed E-state index contributed by atoms with van der Waals surface area (Å²) < 4.78 is 69.2. The molecule has 0 aliphatic carbocycles. The molecule has 0 atom stereocenters. The second kappa shape index (κ2) is 16.7. The SMILES string of the molecule is CN(CCCOc1ccccc1)Cc1cccc(-c2nc(CN)cc(=O)[nH]2)c1.O=C(O)C(F)(F)F.O=C(O)C(F)(F)F. The molecule has 1 aromatic heterocycles. The van der Waals surface area contributed by atoms with Gasteiger partial charge in [-0.05, 0) is 37.2 Å². The molecule has 3 aromatic rings. The van der Waals surface area contributed by atoms with E-state index in [1.54, 1.807) is 0 Å². The number of nitrogens with two attached hydrogens (primary N) is 1. The number of hydrogen-bond acceptors (Lipinski definition) is 7. The first-order chi connectivity index (χ1) is 19.5. The number of ether oxygens (including phenoxy) is 1. The summed E-state index contributed by atoms with van der Waals surface area (Å²) in [6.45, 7) is 2.66. The molecule has 0 fully saturated rings. The van der Waals surface area contributed by atoms with Crippen LogP contribution < -0.4 is 16.0 Å². The molecule has 16 heteroatoms. The molecule has 230 valence electrons. The van der Waals surface area contributed by atoms with Crippen molar-refractivity contribution in [2.45, 2.75) is 31.9 Å². The van der Waals surface area contributed by atoms with Gasteiger partial charge < -0.3 is 30.6 Å². The Hall–Kier alpha value is -4.44. The third-order valence-corrected chi connectivity index (χ3v) is 4.84. The monoisotopic (exact) mass is 606 g/mol. The molecule has 0 saturated carbocycles. The number of carbonyl (C=O) groups is 2. The lowest BCUT2D eigenvalue weighted by Crippen LogP contribution is -2.21. The van der Waals surface area contributed by atoms with Gasteiger partial charge in [0.15, 0.2) is 0 Å². The number of carboxylic acids is 2. The minimum Gasteiger partial charge on any atom is -0.494 e. The lowest BCUT2D eigenvalue weighted by atomic mass is 10.1. The first kappa shape index (κ1) is 35.6. The number of hydrogen-bond donors (Lipinski definition) is 4. The van der Waals surface area contributed by atoms with Crippen molar-refractivity contribution in [3.05, 3.63) is 82.3 Å². The van der Waals surface area contributed by atoms with E-state index in [2.05, 4.69) is 34.0 Å². The highest BCUT2D eigenvalue weighted by Gasteiger charge is 2.38. The van der Waals surface area contributed by atoms with E-state index in [0.29, 0.717) is 18.1 Å². The standard InChI is InChI=1S/C22H26N4O2.2C2HF3O2/c1-26(11-6-12-28-20-9-3-2-4-10-20)16-17-7-5-8-18(13-17)22-24-19(15-23)14-21(27)25-22;2*3-2(4,5)1(6)7/h2-5,7-10,13-14H,6,11-12,15-16,23H2,1H3,(H,24,25,27);2*(H,6,7). The number of H-pyrrole nitrogens is 1. The number of rotatable bonds is 9. The molecule has 0 aliphatic heterocycles. The van der Waals surface area contributed by atoms with E-state index in [-0.39, 0.29) is 12.1 Å². The van der Waals surface area contributed by atoms with Crippen molar-refractivity contribution in [3.8, 4) is 17.1 Å². The summed E-state index contributed by atoms with van der Waals surface area (Å²) in [5, 5.41) is 14.2. The number of aliphatic carboxylic acids is 2. The molecule has 5 N–H and O–H groups in total. The normalized spacial score (nSPS) is 11.1. The van der Waals surface area contributed by atoms with E-state index >= 15 is 0 Å². The summed E-state index contributed by atoms with van der Waals surface area (Å²) in [5.41, 5.74) is 8.06. The van der Waals surface area contributed by atoms with Gasteiger partial charge in [-0.15, -0.1) is 0 Å². The van der Waals surface area contributed by atoms with Crippen LogP contribution >= 0.6 is 0 Å². The van der Waals surface area contributed by atoms with Gasteiger partial charge in [0.1, 0.15) is 11.6 Å². The van der Waals surface area contributed by atoms with Crippen molar-refractivity contribution in [1.29, 1.82) is 0 Å². The van der Waals surface area contributed by atoms with Crippen LogP contribution in [0.2, 0.25) is 0 Å². The van der Waals surface area contributed by atoms with Crippen molar-refractivity contribution in [2.75, 3.05) is 20.2 Å². The largest absolute Gasteiger partial charge is 0.494 e. The first-order valence-corrected chi connectivity index (χ1v) is 11.9. The second-order valence-corrected chi connectivity index (χ2v) is 8.35. The Bertz CT molecular complexity index is 1310. The number of halogens is 6. The molecule has 0 radical (unpaired) electrons. The van der Waals surface area contributed by atoms with Crippen LogP contribution in [0.4, 0.5) is 26.3 Å². The summed E-state index contributed by atoms with van der Waals surface area (Å²) in [5.74, 6) is -4.06. The maximum absolute atomic E-state index is 11.8. The van der Waals surface area contributed by atoms with E-state index in [4.69, 9.17) is 30.3 Å². The molecule has 1 heterocycles. The summed E-state index contributed by atoms with van der Waals surface area (Å²) in [7, 11) is 2.09. The van der Waals surface area contributed by atoms with Gasteiger partial charge in [0, 0.05) is 31.3 Å². The first-order valence-electron chi connectivity index (χ1n) is 11.9. The average molecular weight is 607 g/mol. The number of alkyl halides is 6. The molecule has 0 unspecified atom stereocenters. The van der Waals surface area contributed by atoms with Crippen LogP contribution in [-0.2, 0) is 22.7 Å². The van der Waals surface area contributed by atoms with Crippen molar-refractivity contribution in [1.82, 2.24) is 14.9 Å². The third-order valence-electron chi connectivity index (χ3n) is 4.84. The van der Waals surface area contributed by atoms with Gasteiger partial charge in [-0.25, -0.2) is 14.6 Å². The zero-order valence-corrected chi connectivity index (χ0v) is 22.1. The van der Waals surface area contributed by atoms with Gasteiger partial charge in [-0.3, -0.25) is 4.79 Å². The molecule has 3 rings (SSSR count). The average Bonchev–Trinajstić information content (AvgIpc) is 2.91. The molecule has 0 aliphatic rings. The van der Waals surface area contributed by atoms with Crippen LogP contribution in [0.5, 0.6) is 5.75 Å². The Labute approximate surface area is 235 Å². The lowest BCUT2D eigenvalue weighted by Gasteiger charge is -2.17. The van der Waals surface area contributed by atoms with Crippen LogP contribution in [0.15, 0.2) is 65.5 Å². The van der Waals surface area contributed by atoms with Gasteiger partial charge in [0.25, 0.3) is 5.56 Å². The Morgan fingerprint density at radius 3 is 2.05 bits per heavy atom. The number of nitrogens with zero attached hydrogens (tertiary/aromatic N) is 2. The topological polar surface area (TPSA) is 159 Å². The number of benzene rings is 2. The lowest BCUT2D eigenvalue weighted by molar-refractivity contribution is -0.193. The van der Waals surface area contributed by atoms with E-state index in [0.717, 1.165) is 36.4 Å². The predicted octanol–water partition coefficient (Wildman–Crippen LogP) is 4.06. The second-order valence-electron chi connectivity index (χ2n) is 8.35. The predicted molar refractivity (Wildman–Crippen MR) is 138 cm³/mol. The highest BCUT2D eigenvalue weighted by molar-refractivity contribution is 5.73. The molecule has 10 nitrogen and oxygen atoms in total. The number of aromatic nitrogens is 2. The Morgan fingerprint density at radius 1 is 0.952 bits per heavy atom. The number of para-hydroxylation sites is 1. The van der Waals surface area contributed by atoms with E-state index in [9.17, 15) is 31.1 Å². The van der Waals surface area contributed by atoms with E-state index in [1.165, 1.54) is 6.07 Å². The van der Waals surface area contributed by atoms with Gasteiger partial charge in [0.05, 0.1) is 12.3 Å². The molecular weight excluding hydrogens is 578 g/mol. The number of aromatic amines is 1. The number of nitrogens with one attached hydrogen (secondary N) is 1. The van der Waals surface area contributed by atoms with Gasteiger partial charge in [-0.2, -0.15) is 26.3 Å². The zero-order chi connectivity index (χ0) is 31.9. The maximum Gasteiger partial charge on any atom is 0.490 e. The Morgan fingerprint density at radius 2 is 1.52 bits per heavy atom. The molecule has 0 bridgehead atoms. The highest BCUT2D eigenvalue weighted by Crippen LogP contribution is 2.17. The number of carboxylic acid groups (broad SMARTS) is 2. The summed E-state index contributed by atoms with van der Waals surface area (Å²) >= 11 is 0. The van der Waals surface area contributed by atoms with Crippen molar-refractivity contribution in [2.24, 2.45) is 5.73 Å². The summed E-state index contributed by atoms with van der Waals surface area (Å²) in [6, 6.07) is 19.3. The Balaban J connectivity index is 0.000000522. The molecular formula is C26H28F6N4O6. The third kappa shape index (κ3) is 14.3. The van der Waals surface area contributed by atoms with E-state index < -0.39 is 24.3 Å². The van der Waals surface area contributed by atoms with Crippen LogP contribution in [0.3, 0.4) is 0 Å². The molecule has 0 saturated heterocycles. The van der Waals surface area contributed by atoms with Crippen molar-refractivity contribution < 1.29 is 50.9 Å².